The summed E-state index contributed by atoms with van der Waals surface area (Å²) in [4.78, 5) is 12.3. The number of alkyl halides is 3. The zero-order chi connectivity index (χ0) is 18.3. The minimum Gasteiger partial charge on any atom is -0.345 e. The molecule has 2 nitrogen and oxygen atoms in total. The van der Waals surface area contributed by atoms with Crippen LogP contribution >= 0.6 is 0 Å². The van der Waals surface area contributed by atoms with Crippen molar-refractivity contribution < 1.29 is 18.0 Å². The minimum atomic E-state index is -4.45. The fourth-order valence-corrected chi connectivity index (χ4v) is 2.49. The van der Waals surface area contributed by atoms with Gasteiger partial charge in [0, 0.05) is 5.56 Å². The monoisotopic (exact) mass is 345 g/mol. The number of hydrogen-bond acceptors (Lipinski definition) is 1. The van der Waals surface area contributed by atoms with Gasteiger partial charge in [-0.1, -0.05) is 61.2 Å². The standard InChI is InChI=1S/C20H18F3NO/c1-2-17(15-9-4-3-5-10-15)19(25)24-14-8-12-16-11-6-7-13-18(16)20(21,22)23/h3-7,9-11,13,17H,2,14H2,1H3,(H,24,25). The Bertz CT molecular complexity index is 773. The Morgan fingerprint density at radius 2 is 1.72 bits per heavy atom. The molecule has 25 heavy (non-hydrogen) atoms. The number of halogens is 3. The van der Waals surface area contributed by atoms with E-state index in [4.69, 9.17) is 0 Å². The number of benzene rings is 2. The average Bonchev–Trinajstić information content (AvgIpc) is 2.60. The topological polar surface area (TPSA) is 29.1 Å². The molecule has 130 valence electrons. The Hall–Kier alpha value is -2.74. The molecule has 0 aliphatic heterocycles. The van der Waals surface area contributed by atoms with E-state index in [1.54, 1.807) is 0 Å². The molecule has 0 heterocycles. The van der Waals surface area contributed by atoms with Crippen LogP contribution in [0.4, 0.5) is 13.2 Å². The lowest BCUT2D eigenvalue weighted by molar-refractivity contribution is -0.137. The van der Waals surface area contributed by atoms with Crippen LogP contribution in [0.25, 0.3) is 0 Å². The van der Waals surface area contributed by atoms with Crippen molar-refractivity contribution in [1.82, 2.24) is 5.32 Å². The lowest BCUT2D eigenvalue weighted by Crippen LogP contribution is -2.29. The fraction of sp³-hybridized carbons (Fsp3) is 0.250. The van der Waals surface area contributed by atoms with E-state index in [0.29, 0.717) is 6.42 Å². The van der Waals surface area contributed by atoms with Crippen molar-refractivity contribution in [3.05, 3.63) is 71.3 Å². The Labute approximate surface area is 145 Å². The lowest BCUT2D eigenvalue weighted by Gasteiger charge is -2.14. The van der Waals surface area contributed by atoms with Crippen molar-refractivity contribution in [3.63, 3.8) is 0 Å². The summed E-state index contributed by atoms with van der Waals surface area (Å²) in [5.74, 6) is 4.59. The highest BCUT2D eigenvalue weighted by Gasteiger charge is 2.32. The molecule has 0 bridgehead atoms. The van der Waals surface area contributed by atoms with Crippen LogP contribution in [-0.2, 0) is 11.0 Å². The number of nitrogens with one attached hydrogen (secondary N) is 1. The molecule has 0 aliphatic rings. The molecule has 1 atom stereocenters. The Balaban J connectivity index is 2.02. The molecule has 0 saturated carbocycles. The molecule has 0 aliphatic carbocycles. The summed E-state index contributed by atoms with van der Waals surface area (Å²) < 4.78 is 38.7. The first kappa shape index (κ1) is 18.6. The number of carbonyl (C=O) groups is 1. The van der Waals surface area contributed by atoms with Crippen LogP contribution in [-0.4, -0.2) is 12.5 Å². The van der Waals surface area contributed by atoms with Crippen LogP contribution in [0.1, 0.15) is 36.0 Å². The van der Waals surface area contributed by atoms with Crippen molar-refractivity contribution >= 4 is 5.91 Å². The van der Waals surface area contributed by atoms with Crippen LogP contribution in [0.15, 0.2) is 54.6 Å². The van der Waals surface area contributed by atoms with E-state index < -0.39 is 11.7 Å². The molecule has 2 rings (SSSR count). The van der Waals surface area contributed by atoms with Crippen molar-refractivity contribution in [3.8, 4) is 11.8 Å². The molecule has 1 unspecified atom stereocenters. The van der Waals surface area contributed by atoms with Gasteiger partial charge >= 0.3 is 6.18 Å². The van der Waals surface area contributed by atoms with Gasteiger partial charge in [0.2, 0.25) is 5.91 Å². The molecule has 0 radical (unpaired) electrons. The van der Waals surface area contributed by atoms with Gasteiger partial charge in [-0.15, -0.1) is 0 Å². The second kappa shape index (κ2) is 8.39. The first-order valence-corrected chi connectivity index (χ1v) is 7.91. The number of amides is 1. The van der Waals surface area contributed by atoms with Gasteiger partial charge in [-0.05, 0) is 24.1 Å². The van der Waals surface area contributed by atoms with E-state index >= 15 is 0 Å². The van der Waals surface area contributed by atoms with Crippen LogP contribution < -0.4 is 5.32 Å². The van der Waals surface area contributed by atoms with Gasteiger partial charge < -0.3 is 5.32 Å². The largest absolute Gasteiger partial charge is 0.417 e. The maximum Gasteiger partial charge on any atom is 0.417 e. The average molecular weight is 345 g/mol. The second-order valence-electron chi connectivity index (χ2n) is 5.43. The second-order valence-corrected chi connectivity index (χ2v) is 5.43. The summed E-state index contributed by atoms with van der Waals surface area (Å²) >= 11 is 0. The van der Waals surface area contributed by atoms with E-state index in [9.17, 15) is 18.0 Å². The highest BCUT2D eigenvalue weighted by Crippen LogP contribution is 2.31. The molecular formula is C20H18F3NO. The van der Waals surface area contributed by atoms with E-state index in [0.717, 1.165) is 11.6 Å². The Morgan fingerprint density at radius 1 is 1.08 bits per heavy atom. The molecule has 1 amide bonds. The Morgan fingerprint density at radius 3 is 2.36 bits per heavy atom. The fourth-order valence-electron chi connectivity index (χ4n) is 2.49. The quantitative estimate of drug-likeness (QED) is 0.820. The van der Waals surface area contributed by atoms with E-state index in [1.165, 1.54) is 18.2 Å². The maximum atomic E-state index is 12.9. The number of hydrogen-bond donors (Lipinski definition) is 1. The van der Waals surface area contributed by atoms with Crippen LogP contribution in [0.3, 0.4) is 0 Å². The smallest absolute Gasteiger partial charge is 0.345 e. The molecule has 2 aromatic rings. The van der Waals surface area contributed by atoms with Gasteiger partial charge in [0.25, 0.3) is 0 Å². The molecule has 0 spiro atoms. The van der Waals surface area contributed by atoms with E-state index in [2.05, 4.69) is 17.2 Å². The van der Waals surface area contributed by atoms with Gasteiger partial charge in [-0.3, -0.25) is 4.79 Å². The summed E-state index contributed by atoms with van der Waals surface area (Å²) in [6, 6.07) is 14.5. The summed E-state index contributed by atoms with van der Waals surface area (Å²) in [7, 11) is 0. The predicted molar refractivity (Wildman–Crippen MR) is 90.8 cm³/mol. The SMILES string of the molecule is CCC(C(=O)NCC#Cc1ccccc1C(F)(F)F)c1ccccc1. The summed E-state index contributed by atoms with van der Waals surface area (Å²) in [6.45, 7) is 1.90. The van der Waals surface area contributed by atoms with Crippen molar-refractivity contribution in [2.75, 3.05) is 6.54 Å². The van der Waals surface area contributed by atoms with Crippen LogP contribution in [0.2, 0.25) is 0 Å². The van der Waals surface area contributed by atoms with Crippen molar-refractivity contribution in [2.24, 2.45) is 0 Å². The van der Waals surface area contributed by atoms with Gasteiger partial charge in [0.15, 0.2) is 0 Å². The third-order valence-electron chi connectivity index (χ3n) is 3.73. The zero-order valence-corrected chi connectivity index (χ0v) is 13.7. The number of carbonyl (C=O) groups excluding carboxylic acids is 1. The lowest BCUT2D eigenvalue weighted by atomic mass is 9.96. The van der Waals surface area contributed by atoms with E-state index in [-0.39, 0.29) is 23.9 Å². The third-order valence-corrected chi connectivity index (χ3v) is 3.73. The normalized spacial score (nSPS) is 12.0. The highest BCUT2D eigenvalue weighted by molar-refractivity contribution is 5.83. The highest BCUT2D eigenvalue weighted by atomic mass is 19.4. The van der Waals surface area contributed by atoms with Crippen LogP contribution in [0, 0.1) is 11.8 Å². The molecule has 0 saturated heterocycles. The first-order chi connectivity index (χ1) is 11.9. The third kappa shape index (κ3) is 5.12. The molecule has 0 aromatic heterocycles. The molecule has 0 fully saturated rings. The zero-order valence-electron chi connectivity index (χ0n) is 13.7. The van der Waals surface area contributed by atoms with E-state index in [1.807, 2.05) is 37.3 Å². The van der Waals surface area contributed by atoms with Crippen LogP contribution in [0.5, 0.6) is 0 Å². The van der Waals surface area contributed by atoms with Crippen molar-refractivity contribution in [1.29, 1.82) is 0 Å². The predicted octanol–water partition coefficient (Wildman–Crippen LogP) is 4.37. The molecule has 1 N–H and O–H groups in total. The van der Waals surface area contributed by atoms with Gasteiger partial charge in [0.1, 0.15) is 0 Å². The maximum absolute atomic E-state index is 12.9. The molecule has 2 aromatic carbocycles. The Kier molecular flexibility index (Phi) is 6.24. The van der Waals surface area contributed by atoms with Gasteiger partial charge in [-0.25, -0.2) is 0 Å². The summed E-state index contributed by atoms with van der Waals surface area (Å²) in [6.07, 6.45) is -3.82. The van der Waals surface area contributed by atoms with Gasteiger partial charge in [-0.2, -0.15) is 13.2 Å². The first-order valence-electron chi connectivity index (χ1n) is 7.91. The minimum absolute atomic E-state index is 0.00560. The van der Waals surface area contributed by atoms with Gasteiger partial charge in [0.05, 0.1) is 18.0 Å². The summed E-state index contributed by atoms with van der Waals surface area (Å²) in [5.41, 5.74) is 0.0294. The molecule has 5 heteroatoms. The summed E-state index contributed by atoms with van der Waals surface area (Å²) in [5, 5.41) is 2.67. The molecular weight excluding hydrogens is 327 g/mol. The number of rotatable bonds is 4. The van der Waals surface area contributed by atoms with Crippen molar-refractivity contribution in [2.45, 2.75) is 25.4 Å².